The number of hydrogen-bond donors (Lipinski definition) is 2. The molecule has 4 nitrogen and oxygen atoms in total. The van der Waals surface area contributed by atoms with Crippen molar-refractivity contribution in [3.05, 3.63) is 23.9 Å². The van der Waals surface area contributed by atoms with E-state index in [1.54, 1.807) is 6.07 Å². The van der Waals surface area contributed by atoms with Crippen molar-refractivity contribution >= 4 is 23.4 Å². The van der Waals surface area contributed by atoms with Crippen LogP contribution in [0.2, 0.25) is 5.15 Å². The van der Waals surface area contributed by atoms with Crippen molar-refractivity contribution in [3.8, 4) is 0 Å². The van der Waals surface area contributed by atoms with E-state index in [-0.39, 0.29) is 5.95 Å². The van der Waals surface area contributed by atoms with Crippen LogP contribution in [0, 0.1) is 0 Å². The molecule has 1 heterocycles. The summed E-state index contributed by atoms with van der Waals surface area (Å²) in [6.07, 6.45) is 2.68. The van der Waals surface area contributed by atoms with E-state index in [9.17, 15) is 0 Å². The van der Waals surface area contributed by atoms with E-state index >= 15 is 0 Å². The van der Waals surface area contributed by atoms with Crippen molar-refractivity contribution in [1.82, 2.24) is 9.97 Å². The molecule has 13 heavy (non-hydrogen) atoms. The first-order valence-corrected chi connectivity index (χ1v) is 4.25. The summed E-state index contributed by atoms with van der Waals surface area (Å²) in [5.41, 5.74) is 5.40. The van der Waals surface area contributed by atoms with Crippen LogP contribution in [0.5, 0.6) is 0 Å². The Morgan fingerprint density at radius 1 is 1.62 bits per heavy atom. The summed E-state index contributed by atoms with van der Waals surface area (Å²) in [4.78, 5) is 7.68. The Balaban J connectivity index is 2.60. The van der Waals surface area contributed by atoms with Crippen LogP contribution in [0.15, 0.2) is 18.7 Å². The number of halogens is 1. The molecule has 5 heteroatoms. The summed E-state index contributed by atoms with van der Waals surface area (Å²) in [5, 5.41) is 3.38. The van der Waals surface area contributed by atoms with Crippen molar-refractivity contribution in [3.63, 3.8) is 0 Å². The van der Waals surface area contributed by atoms with Gasteiger partial charge in [-0.2, -0.15) is 4.98 Å². The summed E-state index contributed by atoms with van der Waals surface area (Å²) in [6, 6.07) is 1.63. The van der Waals surface area contributed by atoms with Gasteiger partial charge in [-0.05, 0) is 6.42 Å². The number of anilines is 2. The first kappa shape index (κ1) is 9.80. The molecule has 0 aliphatic carbocycles. The van der Waals surface area contributed by atoms with Gasteiger partial charge in [-0.25, -0.2) is 4.98 Å². The zero-order valence-corrected chi connectivity index (χ0v) is 7.88. The lowest BCUT2D eigenvalue weighted by atomic mass is 10.4. The van der Waals surface area contributed by atoms with E-state index in [1.165, 1.54) is 0 Å². The lowest BCUT2D eigenvalue weighted by molar-refractivity contribution is 1.04. The lowest BCUT2D eigenvalue weighted by Gasteiger charge is -2.03. The average Bonchev–Trinajstić information content (AvgIpc) is 2.03. The van der Waals surface area contributed by atoms with Gasteiger partial charge in [-0.15, -0.1) is 6.58 Å². The maximum Gasteiger partial charge on any atom is 0.223 e. The standard InChI is InChI=1S/C8H11ClN4/c1-2-3-4-11-7-5-6(9)12-8(10)13-7/h2,5H,1,3-4H2,(H3,10,11,12,13). The fourth-order valence-electron chi connectivity index (χ4n) is 0.828. The lowest BCUT2D eigenvalue weighted by Crippen LogP contribution is -2.04. The van der Waals surface area contributed by atoms with Gasteiger partial charge < -0.3 is 11.1 Å². The van der Waals surface area contributed by atoms with Gasteiger partial charge in [0.25, 0.3) is 0 Å². The van der Waals surface area contributed by atoms with Crippen LogP contribution in [-0.2, 0) is 0 Å². The number of nitrogens with zero attached hydrogens (tertiary/aromatic N) is 2. The normalized spacial score (nSPS) is 9.62. The molecular formula is C8H11ClN4. The van der Waals surface area contributed by atoms with Crippen molar-refractivity contribution < 1.29 is 0 Å². The second-order valence-electron chi connectivity index (χ2n) is 2.44. The third-order valence-electron chi connectivity index (χ3n) is 1.37. The predicted octanol–water partition coefficient (Wildman–Crippen LogP) is 1.70. The minimum Gasteiger partial charge on any atom is -0.370 e. The Labute approximate surface area is 81.8 Å². The quantitative estimate of drug-likeness (QED) is 0.439. The smallest absolute Gasteiger partial charge is 0.223 e. The van der Waals surface area contributed by atoms with E-state index in [2.05, 4.69) is 21.9 Å². The summed E-state index contributed by atoms with van der Waals surface area (Å²) >= 11 is 5.67. The Bertz CT molecular complexity index is 280. The van der Waals surface area contributed by atoms with Crippen molar-refractivity contribution in [1.29, 1.82) is 0 Å². The molecule has 1 aromatic rings. The average molecular weight is 199 g/mol. The highest BCUT2D eigenvalue weighted by molar-refractivity contribution is 6.29. The van der Waals surface area contributed by atoms with Crippen LogP contribution >= 0.6 is 11.6 Å². The van der Waals surface area contributed by atoms with Crippen LogP contribution in [0.25, 0.3) is 0 Å². The summed E-state index contributed by atoms with van der Waals surface area (Å²) in [6.45, 7) is 4.36. The minimum atomic E-state index is 0.175. The number of aromatic nitrogens is 2. The Hall–Kier alpha value is -1.29. The molecule has 0 saturated heterocycles. The molecule has 0 aromatic carbocycles. The maximum atomic E-state index is 5.67. The highest BCUT2D eigenvalue weighted by Crippen LogP contribution is 2.11. The number of nitrogen functional groups attached to an aromatic ring is 1. The van der Waals surface area contributed by atoms with Gasteiger partial charge >= 0.3 is 0 Å². The van der Waals surface area contributed by atoms with Crippen molar-refractivity contribution in [2.24, 2.45) is 0 Å². The van der Waals surface area contributed by atoms with E-state index in [0.29, 0.717) is 11.0 Å². The van der Waals surface area contributed by atoms with Crippen LogP contribution in [-0.4, -0.2) is 16.5 Å². The van der Waals surface area contributed by atoms with Gasteiger partial charge in [0.2, 0.25) is 5.95 Å². The van der Waals surface area contributed by atoms with Gasteiger partial charge in [0.15, 0.2) is 0 Å². The van der Waals surface area contributed by atoms with E-state index < -0.39 is 0 Å². The maximum absolute atomic E-state index is 5.67. The zero-order valence-electron chi connectivity index (χ0n) is 7.13. The van der Waals surface area contributed by atoms with Gasteiger partial charge in [0.05, 0.1) is 0 Å². The summed E-state index contributed by atoms with van der Waals surface area (Å²) in [7, 11) is 0. The molecule has 1 rings (SSSR count). The Morgan fingerprint density at radius 2 is 2.38 bits per heavy atom. The monoisotopic (exact) mass is 198 g/mol. The molecule has 0 amide bonds. The number of rotatable bonds is 4. The molecule has 0 fully saturated rings. The molecule has 1 aromatic heterocycles. The summed E-state index contributed by atoms with van der Waals surface area (Å²) in [5.74, 6) is 0.813. The fraction of sp³-hybridized carbons (Fsp3) is 0.250. The van der Waals surface area contributed by atoms with E-state index in [1.807, 2.05) is 6.08 Å². The Morgan fingerprint density at radius 3 is 3.00 bits per heavy atom. The Kier molecular flexibility index (Phi) is 3.52. The highest BCUT2D eigenvalue weighted by Gasteiger charge is 1.98. The summed E-state index contributed by atoms with van der Waals surface area (Å²) < 4.78 is 0. The third-order valence-corrected chi connectivity index (χ3v) is 1.56. The van der Waals surface area contributed by atoms with E-state index in [4.69, 9.17) is 17.3 Å². The predicted molar refractivity (Wildman–Crippen MR) is 54.8 cm³/mol. The minimum absolute atomic E-state index is 0.175. The van der Waals surface area contributed by atoms with Crippen LogP contribution < -0.4 is 11.1 Å². The topological polar surface area (TPSA) is 63.8 Å². The SMILES string of the molecule is C=CCCNc1cc(Cl)nc(N)n1. The fourth-order valence-corrected chi connectivity index (χ4v) is 1.02. The first-order valence-electron chi connectivity index (χ1n) is 3.87. The van der Waals surface area contributed by atoms with Gasteiger partial charge in [-0.1, -0.05) is 17.7 Å². The molecule has 0 saturated carbocycles. The van der Waals surface area contributed by atoms with Crippen LogP contribution in [0.3, 0.4) is 0 Å². The molecule has 0 bridgehead atoms. The largest absolute Gasteiger partial charge is 0.370 e. The second kappa shape index (κ2) is 4.67. The van der Waals surface area contributed by atoms with Crippen LogP contribution in [0.4, 0.5) is 11.8 Å². The molecule has 0 spiro atoms. The van der Waals surface area contributed by atoms with Gasteiger partial charge in [0.1, 0.15) is 11.0 Å². The highest BCUT2D eigenvalue weighted by atomic mass is 35.5. The van der Waals surface area contributed by atoms with Gasteiger partial charge in [-0.3, -0.25) is 0 Å². The second-order valence-corrected chi connectivity index (χ2v) is 2.83. The molecule has 0 radical (unpaired) electrons. The number of nitrogens with two attached hydrogens (primary N) is 1. The first-order chi connectivity index (χ1) is 6.22. The molecule has 70 valence electrons. The molecule has 0 aliphatic rings. The van der Waals surface area contributed by atoms with Crippen molar-refractivity contribution in [2.45, 2.75) is 6.42 Å². The molecule has 0 atom stereocenters. The molecule has 0 unspecified atom stereocenters. The third kappa shape index (κ3) is 3.29. The van der Waals surface area contributed by atoms with E-state index in [0.717, 1.165) is 13.0 Å². The van der Waals surface area contributed by atoms with Crippen LogP contribution in [0.1, 0.15) is 6.42 Å². The zero-order chi connectivity index (χ0) is 9.68. The molecular weight excluding hydrogens is 188 g/mol. The number of hydrogen-bond acceptors (Lipinski definition) is 4. The molecule has 0 aliphatic heterocycles. The van der Waals surface area contributed by atoms with Crippen molar-refractivity contribution in [2.75, 3.05) is 17.6 Å². The number of nitrogens with one attached hydrogen (secondary N) is 1. The molecule has 3 N–H and O–H groups in total. The van der Waals surface area contributed by atoms with Gasteiger partial charge in [0, 0.05) is 12.6 Å².